The minimum Gasteiger partial charge on any atom is -0.370 e. The first kappa shape index (κ1) is 11.9. The molecular weight excluding hydrogens is 232 g/mol. The van der Waals surface area contributed by atoms with Gasteiger partial charge in [0.15, 0.2) is 0 Å². The minimum absolute atomic E-state index is 0.577. The molecule has 0 atom stereocenters. The molecule has 0 aliphatic heterocycles. The van der Waals surface area contributed by atoms with Crippen LogP contribution in [0.1, 0.15) is 11.1 Å². The number of hydrogen-bond donors (Lipinski definition) is 0. The third-order valence-corrected chi connectivity index (χ3v) is 3.11. The van der Waals surface area contributed by atoms with E-state index in [2.05, 4.69) is 36.0 Å². The fourth-order valence-corrected chi connectivity index (χ4v) is 2.05. The molecular formula is C14H15ClN2. The van der Waals surface area contributed by atoms with Gasteiger partial charge in [-0.2, -0.15) is 0 Å². The van der Waals surface area contributed by atoms with Gasteiger partial charge in [-0.05, 0) is 24.6 Å². The smallest absolute Gasteiger partial charge is 0.133 e. The largest absolute Gasteiger partial charge is 0.370 e. The topological polar surface area (TPSA) is 16.1 Å². The standard InChI is InChI=1S/C14H15ClN2/c1-11-6-3-4-8-13(11)17(2)10-12-7-5-9-16-14(12)15/h3-9H,10H2,1-2H3. The van der Waals surface area contributed by atoms with Crippen molar-refractivity contribution in [1.82, 2.24) is 4.98 Å². The molecule has 0 unspecified atom stereocenters. The number of hydrogen-bond acceptors (Lipinski definition) is 2. The van der Waals surface area contributed by atoms with Crippen LogP contribution in [0.5, 0.6) is 0 Å². The number of benzene rings is 1. The third-order valence-electron chi connectivity index (χ3n) is 2.77. The number of rotatable bonds is 3. The fraction of sp³-hybridized carbons (Fsp3) is 0.214. The molecule has 2 aromatic rings. The molecule has 0 saturated heterocycles. The molecule has 1 aromatic carbocycles. The number of aromatic nitrogens is 1. The zero-order chi connectivity index (χ0) is 12.3. The summed E-state index contributed by atoms with van der Waals surface area (Å²) in [4.78, 5) is 6.27. The molecule has 1 aromatic heterocycles. The van der Waals surface area contributed by atoms with Crippen LogP contribution in [0, 0.1) is 6.92 Å². The first-order valence-electron chi connectivity index (χ1n) is 5.54. The Bertz CT molecular complexity index is 511. The first-order chi connectivity index (χ1) is 8.18. The van der Waals surface area contributed by atoms with Gasteiger partial charge in [0.05, 0.1) is 0 Å². The molecule has 1 heterocycles. The van der Waals surface area contributed by atoms with Crippen molar-refractivity contribution in [1.29, 1.82) is 0 Å². The second-order valence-electron chi connectivity index (χ2n) is 4.10. The Labute approximate surface area is 107 Å². The highest BCUT2D eigenvalue weighted by atomic mass is 35.5. The summed E-state index contributed by atoms with van der Waals surface area (Å²) in [7, 11) is 2.06. The second kappa shape index (κ2) is 5.19. The van der Waals surface area contributed by atoms with Gasteiger partial charge in [-0.25, -0.2) is 4.98 Å². The van der Waals surface area contributed by atoms with Crippen LogP contribution < -0.4 is 4.90 Å². The van der Waals surface area contributed by atoms with Crippen LogP contribution in [0.3, 0.4) is 0 Å². The summed E-state index contributed by atoms with van der Waals surface area (Å²) in [6, 6.07) is 12.2. The molecule has 0 spiro atoms. The molecule has 88 valence electrons. The molecule has 0 aliphatic rings. The summed E-state index contributed by atoms with van der Waals surface area (Å²) >= 11 is 6.06. The quantitative estimate of drug-likeness (QED) is 0.768. The third kappa shape index (κ3) is 2.77. The highest BCUT2D eigenvalue weighted by Crippen LogP contribution is 2.21. The van der Waals surface area contributed by atoms with Gasteiger partial charge in [0.2, 0.25) is 0 Å². The number of anilines is 1. The molecule has 0 radical (unpaired) electrons. The van der Waals surface area contributed by atoms with Gasteiger partial charge in [-0.15, -0.1) is 0 Å². The number of pyridine rings is 1. The fourth-order valence-electron chi connectivity index (χ4n) is 1.87. The minimum atomic E-state index is 0.577. The van der Waals surface area contributed by atoms with Crippen molar-refractivity contribution in [2.75, 3.05) is 11.9 Å². The van der Waals surface area contributed by atoms with Crippen LogP contribution in [0.15, 0.2) is 42.6 Å². The maximum atomic E-state index is 6.06. The van der Waals surface area contributed by atoms with Gasteiger partial charge in [0.1, 0.15) is 5.15 Å². The molecule has 2 nitrogen and oxygen atoms in total. The Morgan fingerprint density at radius 3 is 2.65 bits per heavy atom. The van der Waals surface area contributed by atoms with Crippen molar-refractivity contribution in [3.8, 4) is 0 Å². The van der Waals surface area contributed by atoms with Crippen molar-refractivity contribution in [2.24, 2.45) is 0 Å². The lowest BCUT2D eigenvalue weighted by molar-refractivity contribution is 0.910. The SMILES string of the molecule is Cc1ccccc1N(C)Cc1cccnc1Cl. The molecule has 0 bridgehead atoms. The number of aryl methyl sites for hydroxylation is 1. The Morgan fingerprint density at radius 2 is 1.94 bits per heavy atom. The van der Waals surface area contributed by atoms with Gasteiger partial charge >= 0.3 is 0 Å². The maximum absolute atomic E-state index is 6.06. The molecule has 0 saturated carbocycles. The molecule has 17 heavy (non-hydrogen) atoms. The van der Waals surface area contributed by atoms with Crippen molar-refractivity contribution in [3.63, 3.8) is 0 Å². The van der Waals surface area contributed by atoms with Gasteiger partial charge in [0, 0.05) is 31.0 Å². The van der Waals surface area contributed by atoms with Crippen molar-refractivity contribution in [3.05, 3.63) is 58.9 Å². The summed E-state index contributed by atoms with van der Waals surface area (Å²) in [5.74, 6) is 0. The molecule has 3 heteroatoms. The van der Waals surface area contributed by atoms with E-state index in [1.165, 1.54) is 11.3 Å². The summed E-state index contributed by atoms with van der Waals surface area (Å²) in [6.07, 6.45) is 1.71. The monoisotopic (exact) mass is 246 g/mol. The molecule has 0 fully saturated rings. The number of para-hydroxylation sites is 1. The molecule has 0 N–H and O–H groups in total. The zero-order valence-corrected chi connectivity index (χ0v) is 10.8. The lowest BCUT2D eigenvalue weighted by Crippen LogP contribution is -2.17. The molecule has 0 aliphatic carbocycles. The average molecular weight is 247 g/mol. The van der Waals surface area contributed by atoms with E-state index in [0.717, 1.165) is 12.1 Å². The first-order valence-corrected chi connectivity index (χ1v) is 5.92. The van der Waals surface area contributed by atoms with Crippen LogP contribution in [-0.2, 0) is 6.54 Å². The van der Waals surface area contributed by atoms with Gasteiger partial charge in [-0.1, -0.05) is 35.9 Å². The van der Waals surface area contributed by atoms with Gasteiger partial charge < -0.3 is 4.90 Å². The van der Waals surface area contributed by atoms with E-state index in [1.807, 2.05) is 24.3 Å². The Balaban J connectivity index is 2.20. The van der Waals surface area contributed by atoms with E-state index >= 15 is 0 Å². The summed E-state index contributed by atoms with van der Waals surface area (Å²) in [5.41, 5.74) is 3.52. The lowest BCUT2D eigenvalue weighted by atomic mass is 10.1. The van der Waals surface area contributed by atoms with Gasteiger partial charge in [-0.3, -0.25) is 0 Å². The normalized spacial score (nSPS) is 10.3. The van der Waals surface area contributed by atoms with Gasteiger partial charge in [0.25, 0.3) is 0 Å². The van der Waals surface area contributed by atoms with Crippen LogP contribution in [-0.4, -0.2) is 12.0 Å². The summed E-state index contributed by atoms with van der Waals surface area (Å²) in [5, 5.41) is 0.577. The Morgan fingerprint density at radius 1 is 1.18 bits per heavy atom. The van der Waals surface area contributed by atoms with E-state index in [-0.39, 0.29) is 0 Å². The van der Waals surface area contributed by atoms with Crippen LogP contribution >= 0.6 is 11.6 Å². The Kier molecular flexibility index (Phi) is 3.64. The summed E-state index contributed by atoms with van der Waals surface area (Å²) < 4.78 is 0. The zero-order valence-electron chi connectivity index (χ0n) is 10.0. The van der Waals surface area contributed by atoms with Crippen LogP contribution in [0.25, 0.3) is 0 Å². The second-order valence-corrected chi connectivity index (χ2v) is 4.45. The van der Waals surface area contributed by atoms with Crippen LogP contribution in [0.4, 0.5) is 5.69 Å². The number of halogens is 1. The van der Waals surface area contributed by atoms with E-state index < -0.39 is 0 Å². The molecule has 2 rings (SSSR count). The predicted octanol–water partition coefficient (Wildman–Crippen LogP) is 3.68. The van der Waals surface area contributed by atoms with E-state index in [9.17, 15) is 0 Å². The molecule has 0 amide bonds. The highest BCUT2D eigenvalue weighted by Gasteiger charge is 2.07. The maximum Gasteiger partial charge on any atom is 0.133 e. The van der Waals surface area contributed by atoms with E-state index in [1.54, 1.807) is 6.20 Å². The Hall–Kier alpha value is -1.54. The average Bonchev–Trinajstić information content (AvgIpc) is 2.32. The van der Waals surface area contributed by atoms with E-state index in [4.69, 9.17) is 11.6 Å². The van der Waals surface area contributed by atoms with Crippen LogP contribution in [0.2, 0.25) is 5.15 Å². The van der Waals surface area contributed by atoms with E-state index in [0.29, 0.717) is 5.15 Å². The van der Waals surface area contributed by atoms with Crippen molar-refractivity contribution < 1.29 is 0 Å². The van der Waals surface area contributed by atoms with Crippen molar-refractivity contribution in [2.45, 2.75) is 13.5 Å². The lowest BCUT2D eigenvalue weighted by Gasteiger charge is -2.21. The number of nitrogens with zero attached hydrogens (tertiary/aromatic N) is 2. The summed E-state index contributed by atoms with van der Waals surface area (Å²) in [6.45, 7) is 2.87. The predicted molar refractivity (Wildman–Crippen MR) is 72.5 cm³/mol. The van der Waals surface area contributed by atoms with Crippen molar-refractivity contribution >= 4 is 17.3 Å². The highest BCUT2D eigenvalue weighted by molar-refractivity contribution is 6.30.